The van der Waals surface area contributed by atoms with Crippen molar-refractivity contribution in [3.05, 3.63) is 12.2 Å². The molecule has 1 aliphatic carbocycles. The van der Waals surface area contributed by atoms with Crippen LogP contribution in [0.25, 0.3) is 0 Å². The molecule has 4 N–H and O–H groups in total. The fourth-order valence-corrected chi connectivity index (χ4v) is 6.59. The van der Waals surface area contributed by atoms with E-state index in [-0.39, 0.29) is 36.2 Å². The zero-order valence-electron chi connectivity index (χ0n) is 24.8. The zero-order chi connectivity index (χ0) is 29.7. The van der Waals surface area contributed by atoms with Gasteiger partial charge in [-0.1, -0.05) is 18.6 Å². The summed E-state index contributed by atoms with van der Waals surface area (Å²) >= 11 is 1.90. The van der Waals surface area contributed by atoms with Crippen LogP contribution < -0.4 is 21.3 Å². The van der Waals surface area contributed by atoms with E-state index < -0.39 is 0 Å². The Morgan fingerprint density at radius 1 is 0.833 bits per heavy atom. The Labute approximate surface area is 254 Å². The van der Waals surface area contributed by atoms with Crippen LogP contribution in [-0.4, -0.2) is 113 Å². The summed E-state index contributed by atoms with van der Waals surface area (Å²) < 4.78 is 27.4. The highest BCUT2D eigenvalue weighted by Crippen LogP contribution is 2.33. The number of amides is 4. The maximum atomic E-state index is 12.0. The number of nitrogens with one attached hydrogen (secondary N) is 4. The van der Waals surface area contributed by atoms with Gasteiger partial charge < -0.3 is 45.0 Å². The van der Waals surface area contributed by atoms with Crippen molar-refractivity contribution in [1.82, 2.24) is 21.3 Å². The predicted molar refractivity (Wildman–Crippen MR) is 161 cm³/mol. The van der Waals surface area contributed by atoms with Crippen LogP contribution in [0, 0.1) is 0 Å². The number of hydrogen-bond donors (Lipinski definition) is 4. The molecule has 0 bridgehead atoms. The molecule has 2 unspecified atom stereocenters. The monoisotopic (exact) mass is 614 g/mol. The van der Waals surface area contributed by atoms with Crippen molar-refractivity contribution in [2.24, 2.45) is 0 Å². The first-order chi connectivity index (χ1) is 20.6. The van der Waals surface area contributed by atoms with Crippen molar-refractivity contribution in [2.45, 2.75) is 81.2 Å². The summed E-state index contributed by atoms with van der Waals surface area (Å²) in [5.74, 6) is 1.00. The number of hydrogen-bond acceptors (Lipinski definition) is 9. The van der Waals surface area contributed by atoms with Crippen molar-refractivity contribution >= 4 is 29.8 Å². The number of thioether (sulfide) groups is 1. The fourth-order valence-electron chi connectivity index (χ4n) is 5.05. The Morgan fingerprint density at radius 3 is 2.24 bits per heavy atom. The minimum atomic E-state index is -0.380. The van der Waals surface area contributed by atoms with Gasteiger partial charge in [0.2, 0.25) is 5.91 Å². The van der Waals surface area contributed by atoms with Gasteiger partial charge in [0.1, 0.15) is 6.10 Å². The van der Waals surface area contributed by atoms with E-state index >= 15 is 0 Å². The number of fused-ring (bicyclic) bond motifs is 1. The molecule has 0 radical (unpaired) electrons. The number of unbranched alkanes of at least 4 members (excludes halogenated alkanes) is 1. The van der Waals surface area contributed by atoms with Gasteiger partial charge in [-0.2, -0.15) is 11.8 Å². The van der Waals surface area contributed by atoms with Crippen LogP contribution in [0.4, 0.5) is 9.59 Å². The van der Waals surface area contributed by atoms with Crippen molar-refractivity contribution in [3.63, 3.8) is 0 Å². The quantitative estimate of drug-likeness (QED) is 0.0871. The second-order valence-corrected chi connectivity index (χ2v) is 11.9. The third-order valence-corrected chi connectivity index (χ3v) is 8.78. The van der Waals surface area contributed by atoms with Crippen LogP contribution in [0.1, 0.15) is 57.8 Å². The summed E-state index contributed by atoms with van der Waals surface area (Å²) in [6.45, 7) is 4.48. The smallest absolute Gasteiger partial charge is 0.407 e. The highest BCUT2D eigenvalue weighted by molar-refractivity contribution is 8.00. The van der Waals surface area contributed by atoms with Crippen LogP contribution in [0.5, 0.6) is 0 Å². The standard InChI is InChI=1S/C29H50N4O8S/c34-26(11-7-6-10-25-27-24(22-42-25)32-28(35)33-27)30-12-14-37-16-18-39-20-21-40-19-17-38-15-13-31-29(36)41-23-8-4-2-1-3-5-9-23/h1-2,23-25,27H,3-22H2,(H,30,34)(H,31,36)(H2,32,33,35)/t23?,24-,25?,27-/m0/s1. The van der Waals surface area contributed by atoms with Crippen LogP contribution in [0.15, 0.2) is 12.2 Å². The molecule has 12 nitrogen and oxygen atoms in total. The molecule has 240 valence electrons. The van der Waals surface area contributed by atoms with E-state index in [1.165, 1.54) is 0 Å². The molecule has 4 amide bonds. The van der Waals surface area contributed by atoms with Gasteiger partial charge in [0, 0.05) is 30.5 Å². The lowest BCUT2D eigenvalue weighted by molar-refractivity contribution is -0.121. The van der Waals surface area contributed by atoms with Crippen molar-refractivity contribution < 1.29 is 38.1 Å². The van der Waals surface area contributed by atoms with Gasteiger partial charge in [-0.15, -0.1) is 0 Å². The largest absolute Gasteiger partial charge is 0.446 e. The van der Waals surface area contributed by atoms with E-state index in [1.807, 2.05) is 11.8 Å². The molecule has 3 rings (SSSR count). The topological polar surface area (TPSA) is 145 Å². The van der Waals surface area contributed by atoms with E-state index in [1.54, 1.807) is 0 Å². The summed E-state index contributed by atoms with van der Waals surface area (Å²) in [7, 11) is 0. The predicted octanol–water partition coefficient (Wildman–Crippen LogP) is 2.51. The Bertz CT molecular complexity index is 821. The summed E-state index contributed by atoms with van der Waals surface area (Å²) in [6, 6.07) is 0.413. The third kappa shape index (κ3) is 14.9. The molecule has 0 aromatic heterocycles. The molecule has 4 atom stereocenters. The Kier molecular flexibility index (Phi) is 17.7. The molecule has 2 heterocycles. The first-order valence-electron chi connectivity index (χ1n) is 15.5. The molecule has 0 aromatic rings. The highest BCUT2D eigenvalue weighted by atomic mass is 32.2. The molecule has 13 heteroatoms. The minimum Gasteiger partial charge on any atom is -0.446 e. The summed E-state index contributed by atoms with van der Waals surface area (Å²) in [5.41, 5.74) is 0. The highest BCUT2D eigenvalue weighted by Gasteiger charge is 2.42. The van der Waals surface area contributed by atoms with Crippen LogP contribution in [0.2, 0.25) is 0 Å². The number of urea groups is 1. The first kappa shape index (κ1) is 34.4. The average Bonchev–Trinajstić information content (AvgIpc) is 3.51. The lowest BCUT2D eigenvalue weighted by Crippen LogP contribution is -2.36. The van der Waals surface area contributed by atoms with Crippen LogP contribution in [-0.2, 0) is 28.5 Å². The number of carbonyl (C=O) groups is 3. The molecule has 2 saturated heterocycles. The van der Waals surface area contributed by atoms with Gasteiger partial charge in [0.05, 0.1) is 64.9 Å². The number of ether oxygens (including phenoxy) is 5. The lowest BCUT2D eigenvalue weighted by Gasteiger charge is -2.18. The molecular formula is C29H50N4O8S. The molecule has 2 aliphatic heterocycles. The Hall–Kier alpha value is -2.06. The number of rotatable bonds is 21. The van der Waals surface area contributed by atoms with Crippen molar-refractivity contribution in [3.8, 4) is 0 Å². The maximum absolute atomic E-state index is 12.0. The number of carbonyl (C=O) groups excluding carboxylic acids is 3. The Balaban J connectivity index is 0.989. The van der Waals surface area contributed by atoms with Crippen molar-refractivity contribution in [1.29, 1.82) is 0 Å². The van der Waals surface area contributed by atoms with E-state index in [2.05, 4.69) is 33.4 Å². The maximum Gasteiger partial charge on any atom is 0.407 e. The van der Waals surface area contributed by atoms with Crippen LogP contribution in [0.3, 0.4) is 0 Å². The lowest BCUT2D eigenvalue weighted by atomic mass is 10.0. The normalized spacial score (nSPS) is 23.4. The molecule has 0 aromatic carbocycles. The van der Waals surface area contributed by atoms with E-state index in [0.717, 1.165) is 57.1 Å². The fraction of sp³-hybridized carbons (Fsp3) is 0.828. The SMILES string of the molecule is O=C(CCCCC1SC[C@@H]2NC(=O)N[C@H]12)NCCOCCOCCOCCOCCNC(=O)OC1CCC=CCCC1. The molecule has 3 aliphatic rings. The first-order valence-corrected chi connectivity index (χ1v) is 16.5. The molecule has 0 spiro atoms. The van der Waals surface area contributed by atoms with Gasteiger partial charge >= 0.3 is 12.1 Å². The number of allylic oxidation sites excluding steroid dienone is 2. The summed E-state index contributed by atoms with van der Waals surface area (Å²) in [6.07, 6.45) is 12.1. The van der Waals surface area contributed by atoms with Gasteiger partial charge in [-0.25, -0.2) is 9.59 Å². The Morgan fingerprint density at radius 2 is 1.50 bits per heavy atom. The minimum absolute atomic E-state index is 0.00938. The average molecular weight is 615 g/mol. The third-order valence-electron chi connectivity index (χ3n) is 7.27. The van der Waals surface area contributed by atoms with Crippen molar-refractivity contribution in [2.75, 3.05) is 71.7 Å². The summed E-state index contributed by atoms with van der Waals surface area (Å²) in [4.78, 5) is 35.3. The van der Waals surface area contributed by atoms with E-state index in [4.69, 9.17) is 23.7 Å². The van der Waals surface area contributed by atoms with Gasteiger partial charge in [0.25, 0.3) is 0 Å². The van der Waals surface area contributed by atoms with E-state index in [0.29, 0.717) is 77.6 Å². The zero-order valence-corrected chi connectivity index (χ0v) is 25.6. The summed E-state index contributed by atoms with van der Waals surface area (Å²) in [5, 5.41) is 12.0. The molecule has 2 fully saturated rings. The second-order valence-electron chi connectivity index (χ2n) is 10.6. The van der Waals surface area contributed by atoms with E-state index in [9.17, 15) is 14.4 Å². The van der Waals surface area contributed by atoms with Gasteiger partial charge in [0.15, 0.2) is 0 Å². The molecule has 42 heavy (non-hydrogen) atoms. The number of alkyl carbamates (subject to hydrolysis) is 1. The second kappa shape index (κ2) is 21.6. The van der Waals surface area contributed by atoms with Gasteiger partial charge in [-0.3, -0.25) is 4.79 Å². The molecule has 0 saturated carbocycles. The van der Waals surface area contributed by atoms with Crippen LogP contribution >= 0.6 is 11.8 Å². The molecular weight excluding hydrogens is 564 g/mol. The van der Waals surface area contributed by atoms with Gasteiger partial charge in [-0.05, 0) is 44.9 Å².